The molecule has 0 rings (SSSR count). The van der Waals surface area contributed by atoms with Crippen LogP contribution in [-0.4, -0.2) is 29.5 Å². The Kier molecular flexibility index (Phi) is 8.91. The van der Waals surface area contributed by atoms with Crippen molar-refractivity contribution in [2.24, 2.45) is 5.73 Å². The van der Waals surface area contributed by atoms with E-state index in [2.05, 4.69) is 19.2 Å². The molecule has 3 nitrogen and oxygen atoms in total. The Hall–Kier alpha value is -0.220. The minimum atomic E-state index is 0.0390. The molecule has 0 aromatic rings. The van der Waals surface area contributed by atoms with Gasteiger partial charge in [0.15, 0.2) is 0 Å². The lowest BCUT2D eigenvalue weighted by Crippen LogP contribution is -2.38. The predicted octanol–water partition coefficient (Wildman–Crippen LogP) is 1.76. The third-order valence-corrected chi connectivity index (χ3v) is 3.66. The van der Waals surface area contributed by atoms with Crippen LogP contribution in [0.4, 0.5) is 0 Å². The average Bonchev–Trinajstić information content (AvgIpc) is 2.25. The van der Waals surface area contributed by atoms with Crippen molar-refractivity contribution < 1.29 is 4.79 Å². The number of thioether (sulfide) groups is 1. The van der Waals surface area contributed by atoms with Crippen molar-refractivity contribution >= 4 is 17.7 Å². The molecule has 0 fully saturated rings. The highest BCUT2D eigenvalue weighted by atomic mass is 32.2. The topological polar surface area (TPSA) is 55.1 Å². The molecule has 0 aliphatic carbocycles. The van der Waals surface area contributed by atoms with Gasteiger partial charge in [-0.25, -0.2) is 0 Å². The molecule has 3 N–H and O–H groups in total. The van der Waals surface area contributed by atoms with Gasteiger partial charge in [0.05, 0.1) is 5.25 Å². The molecule has 4 heteroatoms. The van der Waals surface area contributed by atoms with Gasteiger partial charge in [-0.2, -0.15) is 0 Å². The molecule has 0 aliphatic heterocycles. The summed E-state index contributed by atoms with van der Waals surface area (Å²) < 4.78 is 0. The van der Waals surface area contributed by atoms with Crippen LogP contribution in [-0.2, 0) is 4.79 Å². The SMILES string of the molecule is CCC(CC)NC(=O)C(C)SCCCN. The van der Waals surface area contributed by atoms with E-state index < -0.39 is 0 Å². The summed E-state index contributed by atoms with van der Waals surface area (Å²) in [7, 11) is 0. The third-order valence-electron chi connectivity index (χ3n) is 2.42. The molecule has 0 heterocycles. The molecular formula is C11H24N2OS. The van der Waals surface area contributed by atoms with Crippen molar-refractivity contribution in [3.8, 4) is 0 Å². The number of rotatable bonds is 8. The van der Waals surface area contributed by atoms with E-state index in [0.717, 1.165) is 25.0 Å². The van der Waals surface area contributed by atoms with Crippen LogP contribution in [0.5, 0.6) is 0 Å². The van der Waals surface area contributed by atoms with Gasteiger partial charge in [0.25, 0.3) is 0 Å². The lowest BCUT2D eigenvalue weighted by atomic mass is 10.2. The van der Waals surface area contributed by atoms with Crippen molar-refractivity contribution in [3.63, 3.8) is 0 Å². The Morgan fingerprint density at radius 2 is 2.00 bits per heavy atom. The number of nitrogens with one attached hydrogen (secondary N) is 1. The zero-order valence-electron chi connectivity index (χ0n) is 10.1. The summed E-state index contributed by atoms with van der Waals surface area (Å²) in [6.07, 6.45) is 2.98. The molecule has 0 spiro atoms. The summed E-state index contributed by atoms with van der Waals surface area (Å²) in [6, 6.07) is 0.329. The molecule has 0 bridgehead atoms. The highest BCUT2D eigenvalue weighted by Gasteiger charge is 2.15. The zero-order chi connectivity index (χ0) is 11.7. The lowest BCUT2D eigenvalue weighted by Gasteiger charge is -2.18. The maximum atomic E-state index is 11.7. The van der Waals surface area contributed by atoms with E-state index in [1.165, 1.54) is 0 Å². The van der Waals surface area contributed by atoms with Gasteiger partial charge >= 0.3 is 0 Å². The molecule has 0 aromatic heterocycles. The molecule has 0 radical (unpaired) electrons. The molecule has 0 aromatic carbocycles. The minimum absolute atomic E-state index is 0.0390. The second-order valence-electron chi connectivity index (χ2n) is 3.68. The van der Waals surface area contributed by atoms with Crippen LogP contribution < -0.4 is 11.1 Å². The largest absolute Gasteiger partial charge is 0.352 e. The van der Waals surface area contributed by atoms with E-state index in [0.29, 0.717) is 12.6 Å². The second kappa shape index (κ2) is 9.04. The van der Waals surface area contributed by atoms with Gasteiger partial charge in [-0.15, -0.1) is 11.8 Å². The Bertz CT molecular complexity index is 172. The number of hydrogen-bond acceptors (Lipinski definition) is 3. The van der Waals surface area contributed by atoms with Gasteiger partial charge in [-0.1, -0.05) is 13.8 Å². The van der Waals surface area contributed by atoms with Crippen LogP contribution in [0.1, 0.15) is 40.0 Å². The first-order valence-corrected chi connectivity index (χ1v) is 6.82. The summed E-state index contributed by atoms with van der Waals surface area (Å²) in [6.45, 7) is 6.86. The average molecular weight is 232 g/mol. The summed E-state index contributed by atoms with van der Waals surface area (Å²) in [5.41, 5.74) is 5.40. The first-order chi connectivity index (χ1) is 7.15. The normalized spacial score (nSPS) is 12.9. The minimum Gasteiger partial charge on any atom is -0.352 e. The first-order valence-electron chi connectivity index (χ1n) is 5.77. The zero-order valence-corrected chi connectivity index (χ0v) is 10.9. The van der Waals surface area contributed by atoms with Crippen molar-refractivity contribution in [2.75, 3.05) is 12.3 Å². The Balaban J connectivity index is 3.77. The van der Waals surface area contributed by atoms with Crippen LogP contribution in [0.25, 0.3) is 0 Å². The molecule has 90 valence electrons. The van der Waals surface area contributed by atoms with Crippen LogP contribution in [0.3, 0.4) is 0 Å². The highest BCUT2D eigenvalue weighted by molar-refractivity contribution is 8.00. The standard InChI is InChI=1S/C11H24N2OS/c1-4-10(5-2)13-11(14)9(3)15-8-6-7-12/h9-10H,4-8,12H2,1-3H3,(H,13,14). The quantitative estimate of drug-likeness (QED) is 0.627. The maximum absolute atomic E-state index is 11.7. The fourth-order valence-electron chi connectivity index (χ4n) is 1.23. The number of carbonyl (C=O) groups excluding carboxylic acids is 1. The lowest BCUT2D eigenvalue weighted by molar-refractivity contribution is -0.121. The second-order valence-corrected chi connectivity index (χ2v) is 5.13. The molecule has 0 aliphatic rings. The van der Waals surface area contributed by atoms with Crippen LogP contribution in [0.15, 0.2) is 0 Å². The Morgan fingerprint density at radius 3 is 2.47 bits per heavy atom. The molecule has 15 heavy (non-hydrogen) atoms. The van der Waals surface area contributed by atoms with Crippen molar-refractivity contribution in [1.29, 1.82) is 0 Å². The van der Waals surface area contributed by atoms with E-state index >= 15 is 0 Å². The number of amides is 1. The monoisotopic (exact) mass is 232 g/mol. The maximum Gasteiger partial charge on any atom is 0.233 e. The van der Waals surface area contributed by atoms with Gasteiger partial charge in [0.2, 0.25) is 5.91 Å². The Labute approximate surface area is 97.6 Å². The van der Waals surface area contributed by atoms with Crippen molar-refractivity contribution in [1.82, 2.24) is 5.32 Å². The molecule has 1 amide bonds. The number of hydrogen-bond donors (Lipinski definition) is 2. The van der Waals surface area contributed by atoms with E-state index in [1.54, 1.807) is 11.8 Å². The third kappa shape index (κ3) is 6.79. The van der Waals surface area contributed by atoms with Crippen molar-refractivity contribution in [2.45, 2.75) is 51.3 Å². The van der Waals surface area contributed by atoms with E-state index in [-0.39, 0.29) is 11.2 Å². The fourth-order valence-corrected chi connectivity index (χ4v) is 2.14. The highest BCUT2D eigenvalue weighted by Crippen LogP contribution is 2.12. The summed E-state index contributed by atoms with van der Waals surface area (Å²) in [5, 5.41) is 3.09. The fraction of sp³-hybridized carbons (Fsp3) is 0.909. The predicted molar refractivity (Wildman–Crippen MR) is 68.1 cm³/mol. The first kappa shape index (κ1) is 14.8. The summed E-state index contributed by atoms with van der Waals surface area (Å²) >= 11 is 1.68. The van der Waals surface area contributed by atoms with Crippen LogP contribution in [0, 0.1) is 0 Å². The molecular weight excluding hydrogens is 208 g/mol. The van der Waals surface area contributed by atoms with Gasteiger partial charge in [-0.3, -0.25) is 4.79 Å². The molecule has 1 atom stereocenters. The number of carbonyl (C=O) groups is 1. The summed E-state index contributed by atoms with van der Waals surface area (Å²) in [4.78, 5) is 11.7. The molecule has 0 saturated carbocycles. The number of nitrogens with two attached hydrogens (primary N) is 1. The van der Waals surface area contributed by atoms with Crippen LogP contribution in [0.2, 0.25) is 0 Å². The van der Waals surface area contributed by atoms with Gasteiger partial charge in [-0.05, 0) is 38.5 Å². The van der Waals surface area contributed by atoms with Crippen LogP contribution >= 0.6 is 11.8 Å². The molecule has 1 unspecified atom stereocenters. The van der Waals surface area contributed by atoms with Gasteiger partial charge in [0, 0.05) is 6.04 Å². The van der Waals surface area contributed by atoms with Crippen molar-refractivity contribution in [3.05, 3.63) is 0 Å². The van der Waals surface area contributed by atoms with E-state index in [4.69, 9.17) is 5.73 Å². The van der Waals surface area contributed by atoms with E-state index in [9.17, 15) is 4.79 Å². The Morgan fingerprint density at radius 1 is 1.40 bits per heavy atom. The van der Waals surface area contributed by atoms with Gasteiger partial charge < -0.3 is 11.1 Å². The van der Waals surface area contributed by atoms with Gasteiger partial charge in [0.1, 0.15) is 0 Å². The molecule has 0 saturated heterocycles. The summed E-state index contributed by atoms with van der Waals surface area (Å²) in [5.74, 6) is 1.12. The smallest absolute Gasteiger partial charge is 0.233 e. The van der Waals surface area contributed by atoms with E-state index in [1.807, 2.05) is 6.92 Å².